The van der Waals surface area contributed by atoms with Gasteiger partial charge < -0.3 is 5.32 Å². The SMILES string of the molecule is ClCCC1(CNCc2cccs2)CC1. The normalized spacial score (nSPS) is 18.4. The average Bonchev–Trinajstić information content (AvgIpc) is 2.75. The van der Waals surface area contributed by atoms with E-state index in [1.54, 1.807) is 0 Å². The van der Waals surface area contributed by atoms with Crippen LogP contribution in [-0.4, -0.2) is 12.4 Å². The molecule has 1 saturated carbocycles. The fraction of sp³-hybridized carbons (Fsp3) is 0.636. The average molecular weight is 230 g/mol. The summed E-state index contributed by atoms with van der Waals surface area (Å²) in [6.45, 7) is 2.15. The maximum Gasteiger partial charge on any atom is 0.0299 e. The molecule has 1 aliphatic rings. The van der Waals surface area contributed by atoms with Crippen LogP contribution in [-0.2, 0) is 6.54 Å². The molecule has 1 heterocycles. The van der Waals surface area contributed by atoms with Gasteiger partial charge in [-0.2, -0.15) is 0 Å². The zero-order chi connectivity index (χ0) is 9.86. The first-order valence-corrected chi connectivity index (χ1v) is 6.55. The van der Waals surface area contributed by atoms with Gasteiger partial charge in [0.25, 0.3) is 0 Å². The van der Waals surface area contributed by atoms with Crippen molar-refractivity contribution in [2.75, 3.05) is 12.4 Å². The Kier molecular flexibility index (Phi) is 3.47. The fourth-order valence-corrected chi connectivity index (χ4v) is 2.83. The molecule has 0 amide bonds. The van der Waals surface area contributed by atoms with Gasteiger partial charge in [0.1, 0.15) is 0 Å². The van der Waals surface area contributed by atoms with Gasteiger partial charge in [0, 0.05) is 23.8 Å². The summed E-state index contributed by atoms with van der Waals surface area (Å²) in [6.07, 6.45) is 3.89. The van der Waals surface area contributed by atoms with Crippen molar-refractivity contribution in [1.82, 2.24) is 5.32 Å². The van der Waals surface area contributed by atoms with Crippen molar-refractivity contribution < 1.29 is 0 Å². The van der Waals surface area contributed by atoms with Gasteiger partial charge in [-0.1, -0.05) is 6.07 Å². The number of thiophene rings is 1. The van der Waals surface area contributed by atoms with Crippen molar-refractivity contribution in [3.8, 4) is 0 Å². The number of rotatable bonds is 6. The van der Waals surface area contributed by atoms with E-state index in [1.165, 1.54) is 24.1 Å². The van der Waals surface area contributed by atoms with E-state index < -0.39 is 0 Å². The van der Waals surface area contributed by atoms with Gasteiger partial charge in [-0.25, -0.2) is 0 Å². The topological polar surface area (TPSA) is 12.0 Å². The third-order valence-corrected chi connectivity index (χ3v) is 4.03. The lowest BCUT2D eigenvalue weighted by Crippen LogP contribution is -2.23. The summed E-state index contributed by atoms with van der Waals surface area (Å²) in [7, 11) is 0. The van der Waals surface area contributed by atoms with Crippen LogP contribution in [0.5, 0.6) is 0 Å². The Labute approximate surface area is 94.5 Å². The minimum Gasteiger partial charge on any atom is -0.311 e. The molecule has 2 rings (SSSR count). The summed E-state index contributed by atoms with van der Waals surface area (Å²) in [4.78, 5) is 1.42. The maximum atomic E-state index is 5.78. The van der Waals surface area contributed by atoms with Crippen LogP contribution in [0.15, 0.2) is 17.5 Å². The number of hydrogen-bond acceptors (Lipinski definition) is 2. The fourth-order valence-electron chi connectivity index (χ4n) is 1.76. The predicted molar refractivity (Wildman–Crippen MR) is 63.0 cm³/mol. The zero-order valence-corrected chi connectivity index (χ0v) is 9.83. The van der Waals surface area contributed by atoms with Crippen molar-refractivity contribution in [3.05, 3.63) is 22.4 Å². The van der Waals surface area contributed by atoms with E-state index in [2.05, 4.69) is 22.8 Å². The van der Waals surface area contributed by atoms with E-state index in [4.69, 9.17) is 11.6 Å². The van der Waals surface area contributed by atoms with Gasteiger partial charge >= 0.3 is 0 Å². The van der Waals surface area contributed by atoms with E-state index in [9.17, 15) is 0 Å². The second-order valence-corrected chi connectivity index (χ2v) is 5.53. The molecule has 3 heteroatoms. The highest BCUT2D eigenvalue weighted by Crippen LogP contribution is 2.48. The molecule has 0 spiro atoms. The Balaban J connectivity index is 1.68. The second kappa shape index (κ2) is 4.65. The van der Waals surface area contributed by atoms with E-state index in [-0.39, 0.29) is 0 Å². The summed E-state index contributed by atoms with van der Waals surface area (Å²) in [5.74, 6) is 0.806. The molecule has 0 aliphatic heterocycles. The molecule has 0 bridgehead atoms. The quantitative estimate of drug-likeness (QED) is 0.739. The second-order valence-electron chi connectivity index (χ2n) is 4.12. The Morgan fingerprint density at radius 2 is 2.36 bits per heavy atom. The summed E-state index contributed by atoms with van der Waals surface area (Å²) in [5, 5.41) is 5.65. The number of alkyl halides is 1. The minimum absolute atomic E-state index is 0.555. The van der Waals surface area contributed by atoms with Gasteiger partial charge in [-0.15, -0.1) is 22.9 Å². The van der Waals surface area contributed by atoms with Gasteiger partial charge in [0.05, 0.1) is 0 Å². The largest absolute Gasteiger partial charge is 0.311 e. The first-order chi connectivity index (χ1) is 6.85. The molecule has 14 heavy (non-hydrogen) atoms. The molecular formula is C11H16ClNS. The highest BCUT2D eigenvalue weighted by molar-refractivity contribution is 7.09. The Bertz CT molecular complexity index is 267. The van der Waals surface area contributed by atoms with Crippen LogP contribution in [0.1, 0.15) is 24.1 Å². The standard InChI is InChI=1S/C11H16ClNS/c12-6-5-11(3-4-11)9-13-8-10-2-1-7-14-10/h1-2,7,13H,3-6,8-9H2. The lowest BCUT2D eigenvalue weighted by molar-refractivity contribution is 0.447. The van der Waals surface area contributed by atoms with Gasteiger partial charge in [-0.3, -0.25) is 0 Å². The summed E-state index contributed by atoms with van der Waals surface area (Å²) >= 11 is 7.60. The van der Waals surface area contributed by atoms with E-state index >= 15 is 0 Å². The molecular weight excluding hydrogens is 214 g/mol. The molecule has 0 saturated heterocycles. The van der Waals surface area contributed by atoms with Crippen molar-refractivity contribution >= 4 is 22.9 Å². The van der Waals surface area contributed by atoms with E-state index in [1.807, 2.05) is 11.3 Å². The third kappa shape index (κ3) is 2.72. The first-order valence-electron chi connectivity index (χ1n) is 5.14. The molecule has 1 nitrogen and oxygen atoms in total. The van der Waals surface area contributed by atoms with Gasteiger partial charge in [-0.05, 0) is 36.1 Å². The third-order valence-electron chi connectivity index (χ3n) is 2.96. The monoisotopic (exact) mass is 229 g/mol. The van der Waals surface area contributed by atoms with Crippen LogP contribution in [0, 0.1) is 5.41 Å². The molecule has 0 aromatic carbocycles. The van der Waals surface area contributed by atoms with Crippen molar-refractivity contribution in [1.29, 1.82) is 0 Å². The summed E-state index contributed by atoms with van der Waals surface area (Å²) in [6, 6.07) is 4.28. The molecule has 1 N–H and O–H groups in total. The molecule has 78 valence electrons. The number of nitrogens with one attached hydrogen (secondary N) is 1. The van der Waals surface area contributed by atoms with Crippen LogP contribution in [0.2, 0.25) is 0 Å². The van der Waals surface area contributed by atoms with E-state index in [0.717, 1.165) is 19.0 Å². The number of hydrogen-bond donors (Lipinski definition) is 1. The highest BCUT2D eigenvalue weighted by Gasteiger charge is 2.40. The van der Waals surface area contributed by atoms with Gasteiger partial charge in [0.15, 0.2) is 0 Å². The molecule has 0 radical (unpaired) electrons. The lowest BCUT2D eigenvalue weighted by atomic mass is 10.0. The van der Waals surface area contributed by atoms with Crippen LogP contribution in [0.3, 0.4) is 0 Å². The van der Waals surface area contributed by atoms with Crippen molar-refractivity contribution in [2.24, 2.45) is 5.41 Å². The first kappa shape index (κ1) is 10.5. The van der Waals surface area contributed by atoms with Gasteiger partial charge in [0.2, 0.25) is 0 Å². The molecule has 0 unspecified atom stereocenters. The van der Waals surface area contributed by atoms with Crippen molar-refractivity contribution in [3.63, 3.8) is 0 Å². The maximum absolute atomic E-state index is 5.78. The van der Waals surface area contributed by atoms with Crippen molar-refractivity contribution in [2.45, 2.75) is 25.8 Å². The molecule has 1 aliphatic carbocycles. The predicted octanol–water partition coefficient (Wildman–Crippen LogP) is 3.25. The smallest absolute Gasteiger partial charge is 0.0299 e. The zero-order valence-electron chi connectivity index (χ0n) is 8.26. The van der Waals surface area contributed by atoms with Crippen LogP contribution in [0.25, 0.3) is 0 Å². The highest BCUT2D eigenvalue weighted by atomic mass is 35.5. The number of halogens is 1. The lowest BCUT2D eigenvalue weighted by Gasteiger charge is -2.13. The Morgan fingerprint density at radius 3 is 2.93 bits per heavy atom. The molecule has 0 atom stereocenters. The Morgan fingerprint density at radius 1 is 1.50 bits per heavy atom. The minimum atomic E-state index is 0.555. The molecule has 1 fully saturated rings. The van der Waals surface area contributed by atoms with Crippen LogP contribution in [0.4, 0.5) is 0 Å². The van der Waals surface area contributed by atoms with Crippen LogP contribution >= 0.6 is 22.9 Å². The van der Waals surface area contributed by atoms with E-state index in [0.29, 0.717) is 5.41 Å². The summed E-state index contributed by atoms with van der Waals surface area (Å²) in [5.41, 5.74) is 0.555. The van der Waals surface area contributed by atoms with Crippen LogP contribution < -0.4 is 5.32 Å². The summed E-state index contributed by atoms with van der Waals surface area (Å²) < 4.78 is 0. The Hall–Kier alpha value is -0.0500. The molecule has 1 aromatic rings. The molecule has 1 aromatic heterocycles.